The van der Waals surface area contributed by atoms with E-state index in [1.165, 1.54) is 0 Å². The maximum absolute atomic E-state index is 11.6. The molecule has 1 aliphatic rings. The molecular weight excluding hydrogens is 182 g/mol. The fraction of sp³-hybridized carbons (Fsp3) is 0.556. The topological polar surface area (TPSA) is 67.0 Å². The molecule has 5 nitrogen and oxygen atoms in total. The van der Waals surface area contributed by atoms with Crippen LogP contribution >= 0.6 is 0 Å². The summed E-state index contributed by atoms with van der Waals surface area (Å²) in [5.41, 5.74) is 0.912. The Kier molecular flexibility index (Phi) is 2.39. The number of carbonyl (C=O) groups is 1. The predicted molar refractivity (Wildman–Crippen MR) is 51.1 cm³/mol. The van der Waals surface area contributed by atoms with Crippen LogP contribution < -0.4 is 5.32 Å². The van der Waals surface area contributed by atoms with Gasteiger partial charge in [0.25, 0.3) is 0 Å². The summed E-state index contributed by atoms with van der Waals surface area (Å²) in [6.45, 7) is 3.02. The zero-order valence-corrected chi connectivity index (χ0v) is 8.04. The van der Waals surface area contributed by atoms with Gasteiger partial charge in [-0.05, 0) is 13.3 Å². The lowest BCUT2D eigenvalue weighted by atomic mass is 9.95. The van der Waals surface area contributed by atoms with Gasteiger partial charge >= 0.3 is 5.97 Å². The van der Waals surface area contributed by atoms with Crippen LogP contribution in [0.2, 0.25) is 0 Å². The summed E-state index contributed by atoms with van der Waals surface area (Å²) in [5.74, 6) is 0.524. The smallest absolute Gasteiger partial charge is 0.313 e. The first kappa shape index (κ1) is 9.05. The number of anilines is 1. The van der Waals surface area contributed by atoms with Gasteiger partial charge in [-0.1, -0.05) is 0 Å². The minimum Gasteiger partial charge on any atom is -0.466 e. The average molecular weight is 195 g/mol. The van der Waals surface area contributed by atoms with E-state index in [-0.39, 0.29) is 11.9 Å². The summed E-state index contributed by atoms with van der Waals surface area (Å²) < 4.78 is 5.00. The summed E-state index contributed by atoms with van der Waals surface area (Å²) in [6, 6.07) is 0. The van der Waals surface area contributed by atoms with Crippen molar-refractivity contribution in [2.75, 3.05) is 18.5 Å². The van der Waals surface area contributed by atoms with Gasteiger partial charge in [0.05, 0.1) is 18.7 Å². The van der Waals surface area contributed by atoms with Crippen molar-refractivity contribution in [3.8, 4) is 0 Å². The number of hydrogen-bond donors (Lipinski definition) is 2. The Labute approximate surface area is 81.8 Å². The van der Waals surface area contributed by atoms with Crippen molar-refractivity contribution in [3.63, 3.8) is 0 Å². The molecule has 76 valence electrons. The van der Waals surface area contributed by atoms with Gasteiger partial charge in [-0.25, -0.2) is 0 Å². The second-order valence-corrected chi connectivity index (χ2v) is 3.22. The molecule has 1 aliphatic heterocycles. The minimum atomic E-state index is -0.162. The second-order valence-electron chi connectivity index (χ2n) is 3.22. The zero-order valence-electron chi connectivity index (χ0n) is 8.04. The Balaban J connectivity index is 2.19. The molecule has 0 fully saturated rings. The maximum Gasteiger partial charge on any atom is 0.313 e. The van der Waals surface area contributed by atoms with Crippen molar-refractivity contribution < 1.29 is 9.53 Å². The van der Waals surface area contributed by atoms with Gasteiger partial charge in [-0.3, -0.25) is 9.89 Å². The van der Waals surface area contributed by atoms with Gasteiger partial charge in [0.15, 0.2) is 0 Å². The molecule has 2 N–H and O–H groups in total. The van der Waals surface area contributed by atoms with Gasteiger partial charge in [0.1, 0.15) is 5.82 Å². The summed E-state index contributed by atoms with van der Waals surface area (Å²) in [6.07, 6.45) is 2.45. The third-order valence-corrected chi connectivity index (χ3v) is 2.35. The van der Waals surface area contributed by atoms with Crippen LogP contribution in [0.4, 0.5) is 5.82 Å². The molecule has 0 aliphatic carbocycles. The van der Waals surface area contributed by atoms with Crippen molar-refractivity contribution >= 4 is 11.8 Å². The number of hydrogen-bond acceptors (Lipinski definition) is 4. The highest BCUT2D eigenvalue weighted by Crippen LogP contribution is 2.30. The second kappa shape index (κ2) is 3.69. The standard InChI is InChI=1S/C9H13N3O2/c1-2-14-9(13)6-3-4-10-8-7(6)5-11-12-8/h5-6H,2-4H2,1H3,(H2,10,11,12). The summed E-state index contributed by atoms with van der Waals surface area (Å²) in [4.78, 5) is 11.6. The number of ether oxygens (including phenoxy) is 1. The number of aromatic amines is 1. The molecule has 0 amide bonds. The number of esters is 1. The Bertz CT molecular complexity index is 335. The normalized spacial score (nSPS) is 19.6. The Hall–Kier alpha value is -1.52. The van der Waals surface area contributed by atoms with Crippen LogP contribution in [0.5, 0.6) is 0 Å². The number of nitrogens with zero attached hydrogens (tertiary/aromatic N) is 1. The Morgan fingerprint density at radius 3 is 3.43 bits per heavy atom. The first-order chi connectivity index (χ1) is 6.83. The fourth-order valence-corrected chi connectivity index (χ4v) is 1.69. The number of H-pyrrole nitrogens is 1. The van der Waals surface area contributed by atoms with Crippen molar-refractivity contribution in [1.29, 1.82) is 0 Å². The molecule has 2 heterocycles. The quantitative estimate of drug-likeness (QED) is 0.687. The van der Waals surface area contributed by atoms with E-state index in [1.54, 1.807) is 6.20 Å². The van der Waals surface area contributed by atoms with E-state index in [2.05, 4.69) is 15.5 Å². The van der Waals surface area contributed by atoms with E-state index in [0.29, 0.717) is 6.61 Å². The monoisotopic (exact) mass is 195 g/mol. The van der Waals surface area contributed by atoms with E-state index in [4.69, 9.17) is 4.74 Å². The number of rotatable bonds is 2. The molecule has 0 bridgehead atoms. The van der Waals surface area contributed by atoms with E-state index < -0.39 is 0 Å². The summed E-state index contributed by atoms with van der Waals surface area (Å²) >= 11 is 0. The van der Waals surface area contributed by atoms with E-state index >= 15 is 0 Å². The van der Waals surface area contributed by atoms with Gasteiger partial charge < -0.3 is 10.1 Å². The average Bonchev–Trinajstić information content (AvgIpc) is 2.65. The van der Waals surface area contributed by atoms with Crippen molar-refractivity contribution in [2.24, 2.45) is 0 Å². The van der Waals surface area contributed by atoms with Crippen LogP contribution in [0.1, 0.15) is 24.8 Å². The lowest BCUT2D eigenvalue weighted by molar-refractivity contribution is -0.145. The molecular formula is C9H13N3O2. The fourth-order valence-electron chi connectivity index (χ4n) is 1.69. The number of fused-ring (bicyclic) bond motifs is 1. The Morgan fingerprint density at radius 1 is 1.79 bits per heavy atom. The molecule has 0 saturated carbocycles. The lowest BCUT2D eigenvalue weighted by Gasteiger charge is -2.21. The minimum absolute atomic E-state index is 0.156. The third kappa shape index (κ3) is 1.45. The molecule has 0 saturated heterocycles. The molecule has 1 aromatic heterocycles. The maximum atomic E-state index is 11.6. The molecule has 0 aromatic carbocycles. The number of carbonyl (C=O) groups excluding carboxylic acids is 1. The highest BCUT2D eigenvalue weighted by atomic mass is 16.5. The largest absolute Gasteiger partial charge is 0.466 e. The lowest BCUT2D eigenvalue weighted by Crippen LogP contribution is -2.23. The predicted octanol–water partition coefficient (Wildman–Crippen LogP) is 0.872. The highest BCUT2D eigenvalue weighted by molar-refractivity contribution is 5.80. The van der Waals surface area contributed by atoms with Crippen LogP contribution in [-0.4, -0.2) is 29.3 Å². The van der Waals surface area contributed by atoms with Gasteiger partial charge in [-0.2, -0.15) is 5.10 Å². The van der Waals surface area contributed by atoms with E-state index in [0.717, 1.165) is 24.3 Å². The summed E-state index contributed by atoms with van der Waals surface area (Å²) in [7, 11) is 0. The van der Waals surface area contributed by atoms with E-state index in [9.17, 15) is 4.79 Å². The van der Waals surface area contributed by atoms with Gasteiger partial charge in [-0.15, -0.1) is 0 Å². The zero-order chi connectivity index (χ0) is 9.97. The van der Waals surface area contributed by atoms with Gasteiger partial charge in [0.2, 0.25) is 0 Å². The van der Waals surface area contributed by atoms with Crippen LogP contribution in [-0.2, 0) is 9.53 Å². The molecule has 0 radical (unpaired) electrons. The van der Waals surface area contributed by atoms with E-state index in [1.807, 2.05) is 6.92 Å². The SMILES string of the molecule is CCOC(=O)C1CCNc2[nH]ncc21. The van der Waals surface area contributed by atoms with Crippen LogP contribution in [0.15, 0.2) is 6.20 Å². The first-order valence-electron chi connectivity index (χ1n) is 4.76. The molecule has 14 heavy (non-hydrogen) atoms. The van der Waals surface area contributed by atoms with Crippen molar-refractivity contribution in [2.45, 2.75) is 19.3 Å². The molecule has 5 heteroatoms. The number of aromatic nitrogens is 2. The Morgan fingerprint density at radius 2 is 2.64 bits per heavy atom. The van der Waals surface area contributed by atoms with Crippen molar-refractivity contribution in [1.82, 2.24) is 10.2 Å². The molecule has 1 unspecified atom stereocenters. The molecule has 0 spiro atoms. The molecule has 2 rings (SSSR count). The summed E-state index contributed by atoms with van der Waals surface area (Å²) in [5, 5.41) is 9.86. The molecule has 1 atom stereocenters. The first-order valence-corrected chi connectivity index (χ1v) is 4.76. The van der Waals surface area contributed by atoms with Crippen LogP contribution in [0, 0.1) is 0 Å². The van der Waals surface area contributed by atoms with Crippen molar-refractivity contribution in [3.05, 3.63) is 11.8 Å². The van der Waals surface area contributed by atoms with Crippen LogP contribution in [0.3, 0.4) is 0 Å². The molecule has 1 aromatic rings. The highest BCUT2D eigenvalue weighted by Gasteiger charge is 2.28. The van der Waals surface area contributed by atoms with Gasteiger partial charge in [0, 0.05) is 12.1 Å². The van der Waals surface area contributed by atoms with Crippen LogP contribution in [0.25, 0.3) is 0 Å². The number of nitrogens with one attached hydrogen (secondary N) is 2. The third-order valence-electron chi connectivity index (χ3n) is 2.35.